The first-order valence-electron chi connectivity index (χ1n) is 11.9. The SMILES string of the molecule is CC(C)C1CC(OCCOC2CC(C(C)C)NC(C(C)C)C2)CC(C(C)C)N1. The normalized spacial score (nSPS) is 34.7. The summed E-state index contributed by atoms with van der Waals surface area (Å²) in [5.74, 6) is 2.61. The molecule has 2 aliphatic rings. The van der Waals surface area contributed by atoms with Crippen LogP contribution in [0.15, 0.2) is 0 Å². The number of hydrogen-bond donors (Lipinski definition) is 2. The molecule has 28 heavy (non-hydrogen) atoms. The second kappa shape index (κ2) is 11.3. The van der Waals surface area contributed by atoms with Gasteiger partial charge in [-0.15, -0.1) is 0 Å². The third-order valence-electron chi connectivity index (χ3n) is 6.93. The summed E-state index contributed by atoms with van der Waals surface area (Å²) < 4.78 is 12.6. The molecular formula is C24H48N2O2. The minimum absolute atomic E-state index is 0.365. The fourth-order valence-corrected chi connectivity index (χ4v) is 4.71. The average molecular weight is 397 g/mol. The molecule has 4 unspecified atom stereocenters. The molecule has 2 aliphatic heterocycles. The van der Waals surface area contributed by atoms with Crippen LogP contribution in [-0.4, -0.2) is 49.6 Å². The lowest BCUT2D eigenvalue weighted by Gasteiger charge is -2.41. The first kappa shape index (κ1) is 24.1. The zero-order valence-electron chi connectivity index (χ0n) is 19.8. The maximum atomic E-state index is 6.30. The lowest BCUT2D eigenvalue weighted by Crippen LogP contribution is -2.53. The van der Waals surface area contributed by atoms with Crippen LogP contribution in [-0.2, 0) is 9.47 Å². The van der Waals surface area contributed by atoms with Crippen molar-refractivity contribution in [1.29, 1.82) is 0 Å². The van der Waals surface area contributed by atoms with Gasteiger partial charge in [-0.05, 0) is 49.4 Å². The largest absolute Gasteiger partial charge is 0.376 e. The molecule has 4 atom stereocenters. The molecule has 0 amide bonds. The fraction of sp³-hybridized carbons (Fsp3) is 1.00. The highest BCUT2D eigenvalue weighted by Gasteiger charge is 2.33. The Morgan fingerprint density at radius 3 is 1.00 bits per heavy atom. The van der Waals surface area contributed by atoms with Crippen molar-refractivity contribution in [2.75, 3.05) is 13.2 Å². The van der Waals surface area contributed by atoms with Crippen LogP contribution >= 0.6 is 0 Å². The van der Waals surface area contributed by atoms with Crippen LogP contribution in [0.25, 0.3) is 0 Å². The summed E-state index contributed by atoms with van der Waals surface area (Å²) in [6, 6.07) is 2.26. The Labute approximate surface area is 174 Å². The lowest BCUT2D eigenvalue weighted by atomic mass is 9.85. The Bertz CT molecular complexity index is 366. The van der Waals surface area contributed by atoms with Crippen molar-refractivity contribution in [3.8, 4) is 0 Å². The standard InChI is InChI=1S/C24H48N2O2/c1-15(2)21-11-19(12-22(25-21)16(3)4)27-9-10-28-20-13-23(17(5)6)26-24(14-20)18(7)8/h15-26H,9-14H2,1-8H3. The molecule has 4 nitrogen and oxygen atoms in total. The van der Waals surface area contributed by atoms with E-state index in [0.717, 1.165) is 38.9 Å². The van der Waals surface area contributed by atoms with Crippen LogP contribution < -0.4 is 10.6 Å². The molecule has 2 saturated heterocycles. The van der Waals surface area contributed by atoms with E-state index in [9.17, 15) is 0 Å². The van der Waals surface area contributed by atoms with E-state index in [1.165, 1.54) is 0 Å². The molecule has 0 bridgehead atoms. The first-order valence-corrected chi connectivity index (χ1v) is 11.9. The van der Waals surface area contributed by atoms with Gasteiger partial charge in [-0.25, -0.2) is 0 Å². The highest BCUT2D eigenvalue weighted by atomic mass is 16.5. The van der Waals surface area contributed by atoms with E-state index in [4.69, 9.17) is 9.47 Å². The maximum absolute atomic E-state index is 6.30. The number of nitrogens with one attached hydrogen (secondary N) is 2. The van der Waals surface area contributed by atoms with Gasteiger partial charge in [-0.2, -0.15) is 0 Å². The van der Waals surface area contributed by atoms with Crippen molar-refractivity contribution in [3.63, 3.8) is 0 Å². The van der Waals surface area contributed by atoms with Crippen molar-refractivity contribution in [1.82, 2.24) is 10.6 Å². The fourth-order valence-electron chi connectivity index (χ4n) is 4.71. The van der Waals surface area contributed by atoms with Gasteiger partial charge in [0, 0.05) is 24.2 Å². The van der Waals surface area contributed by atoms with Crippen molar-refractivity contribution in [3.05, 3.63) is 0 Å². The van der Waals surface area contributed by atoms with Crippen LogP contribution in [0.2, 0.25) is 0 Å². The second-order valence-electron chi connectivity index (χ2n) is 10.7. The molecule has 166 valence electrons. The Morgan fingerprint density at radius 2 is 0.786 bits per heavy atom. The predicted octanol–water partition coefficient (Wildman–Crippen LogP) is 4.62. The highest BCUT2D eigenvalue weighted by Crippen LogP contribution is 2.26. The van der Waals surface area contributed by atoms with Gasteiger partial charge in [0.15, 0.2) is 0 Å². The maximum Gasteiger partial charge on any atom is 0.0704 e. The smallest absolute Gasteiger partial charge is 0.0704 e. The first-order chi connectivity index (χ1) is 13.2. The summed E-state index contributed by atoms with van der Waals surface area (Å²) in [7, 11) is 0. The zero-order chi connectivity index (χ0) is 20.8. The van der Waals surface area contributed by atoms with E-state index in [1.54, 1.807) is 0 Å². The molecule has 2 fully saturated rings. The molecule has 4 heteroatoms. The van der Waals surface area contributed by atoms with Crippen LogP contribution in [0.4, 0.5) is 0 Å². The van der Waals surface area contributed by atoms with Gasteiger partial charge in [0.05, 0.1) is 25.4 Å². The molecular weight excluding hydrogens is 348 g/mol. The van der Waals surface area contributed by atoms with Crippen LogP contribution in [0.5, 0.6) is 0 Å². The van der Waals surface area contributed by atoms with Crippen molar-refractivity contribution < 1.29 is 9.47 Å². The van der Waals surface area contributed by atoms with E-state index in [0.29, 0.717) is 60.0 Å². The summed E-state index contributed by atoms with van der Waals surface area (Å²) in [6.07, 6.45) is 5.23. The zero-order valence-corrected chi connectivity index (χ0v) is 19.8. The monoisotopic (exact) mass is 396 g/mol. The molecule has 0 aromatic carbocycles. The molecule has 0 aromatic heterocycles. The van der Waals surface area contributed by atoms with Crippen LogP contribution in [0.3, 0.4) is 0 Å². The van der Waals surface area contributed by atoms with Crippen LogP contribution in [0.1, 0.15) is 81.1 Å². The third kappa shape index (κ3) is 7.27. The van der Waals surface area contributed by atoms with E-state index in [-0.39, 0.29) is 0 Å². The molecule has 0 spiro atoms. The van der Waals surface area contributed by atoms with Crippen LogP contribution in [0, 0.1) is 23.7 Å². The Hall–Kier alpha value is -0.160. The van der Waals surface area contributed by atoms with E-state index in [2.05, 4.69) is 66.0 Å². The molecule has 2 rings (SSSR count). The molecule has 0 aromatic rings. The summed E-state index contributed by atoms with van der Waals surface area (Å²) >= 11 is 0. The topological polar surface area (TPSA) is 42.5 Å². The minimum atomic E-state index is 0.365. The Balaban J connectivity index is 1.77. The Morgan fingerprint density at radius 1 is 0.536 bits per heavy atom. The van der Waals surface area contributed by atoms with Gasteiger partial charge in [-0.3, -0.25) is 0 Å². The minimum Gasteiger partial charge on any atom is -0.376 e. The molecule has 0 aliphatic carbocycles. The van der Waals surface area contributed by atoms with Gasteiger partial charge in [0.2, 0.25) is 0 Å². The molecule has 2 heterocycles. The average Bonchev–Trinajstić information content (AvgIpc) is 2.64. The number of hydrogen-bond acceptors (Lipinski definition) is 4. The summed E-state index contributed by atoms with van der Waals surface area (Å²) in [4.78, 5) is 0. The predicted molar refractivity (Wildman–Crippen MR) is 119 cm³/mol. The molecule has 2 N–H and O–H groups in total. The van der Waals surface area contributed by atoms with Crippen molar-refractivity contribution in [2.45, 2.75) is 117 Å². The van der Waals surface area contributed by atoms with E-state index >= 15 is 0 Å². The van der Waals surface area contributed by atoms with Gasteiger partial charge in [0.25, 0.3) is 0 Å². The van der Waals surface area contributed by atoms with Gasteiger partial charge < -0.3 is 20.1 Å². The number of ether oxygens (including phenoxy) is 2. The molecule has 0 radical (unpaired) electrons. The summed E-state index contributed by atoms with van der Waals surface area (Å²) in [5.41, 5.74) is 0. The number of rotatable bonds is 9. The van der Waals surface area contributed by atoms with Gasteiger partial charge in [-0.1, -0.05) is 55.4 Å². The van der Waals surface area contributed by atoms with Crippen molar-refractivity contribution in [2.24, 2.45) is 23.7 Å². The second-order valence-corrected chi connectivity index (χ2v) is 10.7. The van der Waals surface area contributed by atoms with Gasteiger partial charge in [0.1, 0.15) is 0 Å². The highest BCUT2D eigenvalue weighted by molar-refractivity contribution is 4.90. The number of piperidine rings is 2. The summed E-state index contributed by atoms with van der Waals surface area (Å²) in [6.45, 7) is 20.0. The Kier molecular flexibility index (Phi) is 9.72. The molecule has 0 saturated carbocycles. The third-order valence-corrected chi connectivity index (χ3v) is 6.93. The van der Waals surface area contributed by atoms with Gasteiger partial charge >= 0.3 is 0 Å². The lowest BCUT2D eigenvalue weighted by molar-refractivity contribution is -0.0599. The van der Waals surface area contributed by atoms with E-state index < -0.39 is 0 Å². The quantitative estimate of drug-likeness (QED) is 0.558. The van der Waals surface area contributed by atoms with E-state index in [1.807, 2.05) is 0 Å². The summed E-state index contributed by atoms with van der Waals surface area (Å²) in [5, 5.41) is 7.67. The van der Waals surface area contributed by atoms with Crippen molar-refractivity contribution >= 4 is 0 Å².